The number of amides is 1. The number of carbonyl (C=O) groups is 5. The number of carbonyl (C=O) groups excluding carboxylic acids is 5. The Hall–Kier alpha value is -2.23. The van der Waals surface area contributed by atoms with E-state index in [4.69, 9.17) is 5.73 Å². The Morgan fingerprint density at radius 2 is 1.31 bits per heavy atom. The van der Waals surface area contributed by atoms with Crippen molar-refractivity contribution in [3.8, 4) is 0 Å². The van der Waals surface area contributed by atoms with Crippen molar-refractivity contribution in [3.63, 3.8) is 0 Å². The molecule has 0 aromatic carbocycles. The minimum atomic E-state index is -1.50. The summed E-state index contributed by atoms with van der Waals surface area (Å²) in [6.07, 6.45) is 4.00. The number of nitrogens with one attached hydrogen (secondary N) is 3. The molecule has 0 radical (unpaired) electrons. The lowest BCUT2D eigenvalue weighted by Gasteiger charge is -2.29. The van der Waals surface area contributed by atoms with Crippen molar-refractivity contribution in [1.82, 2.24) is 16.0 Å². The van der Waals surface area contributed by atoms with Crippen LogP contribution in [0.15, 0.2) is 12.7 Å². The van der Waals surface area contributed by atoms with Crippen LogP contribution < -0.4 is 21.7 Å². The third kappa shape index (κ3) is 8.24. The van der Waals surface area contributed by atoms with E-state index in [9.17, 15) is 24.0 Å². The lowest BCUT2D eigenvalue weighted by atomic mass is 9.87. The second-order valence-corrected chi connectivity index (χ2v) is 5.90. The molecule has 0 aromatic heterocycles. The van der Waals surface area contributed by atoms with Gasteiger partial charge in [-0.2, -0.15) is 0 Å². The summed E-state index contributed by atoms with van der Waals surface area (Å²) in [7, 11) is 0. The van der Waals surface area contributed by atoms with E-state index in [-0.39, 0.29) is 25.3 Å². The lowest BCUT2D eigenvalue weighted by Crippen LogP contribution is -2.54. The molecule has 0 saturated carbocycles. The molecule has 9 heteroatoms. The Bertz CT molecular complexity index is 480. The van der Waals surface area contributed by atoms with E-state index >= 15 is 0 Å². The Labute approximate surface area is 153 Å². The molecule has 9 nitrogen and oxygen atoms in total. The summed E-state index contributed by atoms with van der Waals surface area (Å²) < 4.78 is 0. The van der Waals surface area contributed by atoms with Crippen LogP contribution in [-0.4, -0.2) is 68.3 Å². The molecule has 0 aromatic rings. The van der Waals surface area contributed by atoms with Crippen molar-refractivity contribution in [3.05, 3.63) is 12.7 Å². The molecule has 5 N–H and O–H groups in total. The third-order valence-electron chi connectivity index (χ3n) is 3.92. The van der Waals surface area contributed by atoms with Gasteiger partial charge in [-0.3, -0.25) is 15.4 Å². The maximum atomic E-state index is 11.4. The van der Waals surface area contributed by atoms with E-state index in [1.165, 1.54) is 0 Å². The molecule has 146 valence electrons. The average molecular weight is 368 g/mol. The van der Waals surface area contributed by atoms with E-state index in [0.717, 1.165) is 6.08 Å². The van der Waals surface area contributed by atoms with Crippen molar-refractivity contribution >= 4 is 31.1 Å². The third-order valence-corrected chi connectivity index (χ3v) is 3.92. The largest absolute Gasteiger partial charge is 0.353 e. The summed E-state index contributed by atoms with van der Waals surface area (Å²) in [4.78, 5) is 56.6. The van der Waals surface area contributed by atoms with E-state index in [1.807, 2.05) is 0 Å². The van der Waals surface area contributed by atoms with Gasteiger partial charge in [0.05, 0.1) is 0 Å². The zero-order valence-corrected chi connectivity index (χ0v) is 14.9. The quantitative estimate of drug-likeness (QED) is 0.102. The molecule has 1 amide bonds. The molecule has 0 heterocycles. The molecule has 26 heavy (non-hydrogen) atoms. The number of nitrogens with two attached hydrogens (primary N) is 1. The number of aldehydes is 4. The van der Waals surface area contributed by atoms with Crippen LogP contribution in [0.25, 0.3) is 0 Å². The van der Waals surface area contributed by atoms with Crippen molar-refractivity contribution in [2.45, 2.75) is 36.8 Å². The van der Waals surface area contributed by atoms with Crippen LogP contribution in [0.5, 0.6) is 0 Å². The van der Waals surface area contributed by atoms with Crippen LogP contribution in [0, 0.1) is 0 Å². The monoisotopic (exact) mass is 368 g/mol. The first-order valence-corrected chi connectivity index (χ1v) is 8.42. The highest BCUT2D eigenvalue weighted by atomic mass is 16.2. The van der Waals surface area contributed by atoms with Gasteiger partial charge in [0.2, 0.25) is 5.91 Å². The minimum Gasteiger partial charge on any atom is -0.353 e. The summed E-state index contributed by atoms with van der Waals surface area (Å²) in [5.74, 6) is -0.313. The SMILES string of the molecule is C=CC(=O)NCCCNC(C=O)(C=O)CCC(C=O)(C=O)NCCCN. The molecule has 0 atom stereocenters. The predicted molar refractivity (Wildman–Crippen MR) is 96.5 cm³/mol. The molecule has 0 bridgehead atoms. The minimum absolute atomic E-state index is 0.0255. The van der Waals surface area contributed by atoms with Crippen LogP contribution in [-0.2, 0) is 24.0 Å². The van der Waals surface area contributed by atoms with E-state index in [1.54, 1.807) is 0 Å². The second kappa shape index (κ2) is 13.0. The van der Waals surface area contributed by atoms with E-state index < -0.39 is 11.1 Å². The van der Waals surface area contributed by atoms with Crippen molar-refractivity contribution < 1.29 is 24.0 Å². The predicted octanol–water partition coefficient (Wildman–Crippen LogP) is -1.74. The van der Waals surface area contributed by atoms with Gasteiger partial charge in [0.15, 0.2) is 0 Å². The van der Waals surface area contributed by atoms with Crippen molar-refractivity contribution in [2.24, 2.45) is 5.73 Å². The molecule has 0 aliphatic carbocycles. The maximum absolute atomic E-state index is 11.4. The zero-order chi connectivity index (χ0) is 19.9. The van der Waals surface area contributed by atoms with Gasteiger partial charge >= 0.3 is 0 Å². The van der Waals surface area contributed by atoms with Gasteiger partial charge in [-0.25, -0.2) is 0 Å². The molecule has 0 aliphatic rings. The Morgan fingerprint density at radius 3 is 1.69 bits per heavy atom. The van der Waals surface area contributed by atoms with Gasteiger partial charge in [0.1, 0.15) is 36.2 Å². The molecule has 0 saturated heterocycles. The number of hydrogen-bond donors (Lipinski definition) is 4. The molecular formula is C17H28N4O5. The Kier molecular flexibility index (Phi) is 11.9. The summed E-state index contributed by atoms with van der Waals surface area (Å²) >= 11 is 0. The Balaban J connectivity index is 4.70. The molecule has 0 rings (SSSR count). The van der Waals surface area contributed by atoms with Gasteiger partial charge in [-0.05, 0) is 51.4 Å². The lowest BCUT2D eigenvalue weighted by molar-refractivity contribution is -0.127. The second-order valence-electron chi connectivity index (χ2n) is 5.90. The molecule has 0 spiro atoms. The van der Waals surface area contributed by atoms with Crippen LogP contribution in [0.3, 0.4) is 0 Å². The van der Waals surface area contributed by atoms with Gasteiger partial charge < -0.3 is 30.2 Å². The van der Waals surface area contributed by atoms with Gasteiger partial charge in [0.25, 0.3) is 0 Å². The standard InChI is InChI=1S/C17H28N4O5/c1-2-15(26)19-8-4-10-21-17(13-24,14-25)6-5-16(11-22,12-23)20-9-3-7-18/h2,11-14,20-21H,1,3-10,18H2,(H,19,26). The molecular weight excluding hydrogens is 340 g/mol. The zero-order valence-electron chi connectivity index (χ0n) is 14.9. The highest BCUT2D eigenvalue weighted by Gasteiger charge is 2.35. The fourth-order valence-electron chi connectivity index (χ4n) is 2.16. The molecule has 0 fully saturated rings. The van der Waals surface area contributed by atoms with Crippen LogP contribution >= 0.6 is 0 Å². The molecule has 0 unspecified atom stereocenters. The molecule has 0 aliphatic heterocycles. The normalized spacial score (nSPS) is 11.4. The topological polar surface area (TPSA) is 147 Å². The highest BCUT2D eigenvalue weighted by Crippen LogP contribution is 2.15. The van der Waals surface area contributed by atoms with Gasteiger partial charge in [-0.1, -0.05) is 6.58 Å². The first-order valence-electron chi connectivity index (χ1n) is 8.42. The number of rotatable bonds is 17. The van der Waals surface area contributed by atoms with Crippen molar-refractivity contribution in [1.29, 1.82) is 0 Å². The number of hydrogen-bond acceptors (Lipinski definition) is 8. The first-order chi connectivity index (χ1) is 12.5. The Morgan fingerprint density at radius 1 is 0.846 bits per heavy atom. The summed E-state index contributed by atoms with van der Waals surface area (Å²) in [5.41, 5.74) is 2.41. The fraction of sp³-hybridized carbons (Fsp3) is 0.588. The van der Waals surface area contributed by atoms with Crippen LogP contribution in [0.1, 0.15) is 25.7 Å². The van der Waals surface area contributed by atoms with Crippen LogP contribution in [0.2, 0.25) is 0 Å². The maximum Gasteiger partial charge on any atom is 0.243 e. The first kappa shape index (κ1) is 23.8. The van der Waals surface area contributed by atoms with Gasteiger partial charge in [0, 0.05) is 6.54 Å². The summed E-state index contributed by atoms with van der Waals surface area (Å²) in [5, 5.41) is 8.21. The summed E-state index contributed by atoms with van der Waals surface area (Å²) in [6.45, 7) is 4.71. The van der Waals surface area contributed by atoms with E-state index in [0.29, 0.717) is 57.6 Å². The van der Waals surface area contributed by atoms with Crippen molar-refractivity contribution in [2.75, 3.05) is 26.2 Å². The van der Waals surface area contributed by atoms with E-state index in [2.05, 4.69) is 22.5 Å². The van der Waals surface area contributed by atoms with Gasteiger partial charge in [-0.15, -0.1) is 0 Å². The fourth-order valence-corrected chi connectivity index (χ4v) is 2.16. The smallest absolute Gasteiger partial charge is 0.243 e. The van der Waals surface area contributed by atoms with Crippen LogP contribution in [0.4, 0.5) is 0 Å². The summed E-state index contributed by atoms with van der Waals surface area (Å²) in [6, 6.07) is 0. The highest BCUT2D eigenvalue weighted by molar-refractivity contribution is 5.91. The average Bonchev–Trinajstić information content (AvgIpc) is 2.68.